The highest BCUT2D eigenvalue weighted by molar-refractivity contribution is 7.98. The van der Waals surface area contributed by atoms with Gasteiger partial charge in [0.15, 0.2) is 0 Å². The van der Waals surface area contributed by atoms with Gasteiger partial charge < -0.3 is 9.62 Å². The van der Waals surface area contributed by atoms with E-state index in [1.165, 1.54) is 17.7 Å². The molecule has 1 atom stereocenters. The molecule has 0 aromatic heterocycles. The highest BCUT2D eigenvalue weighted by Crippen LogP contribution is 2.30. The smallest absolute Gasteiger partial charge is 0.255 e. The molecule has 0 spiro atoms. The number of nitrogens with zero attached hydrogens (tertiary/aromatic N) is 2. The zero-order chi connectivity index (χ0) is 24.5. The summed E-state index contributed by atoms with van der Waals surface area (Å²) >= 11 is 2.94. The molecular formula is C26H30N4O2S3. The molecule has 1 unspecified atom stereocenters. The molecule has 9 heteroatoms. The topological polar surface area (TPSA) is 73.8 Å². The van der Waals surface area contributed by atoms with Gasteiger partial charge in [-0.25, -0.2) is 13.3 Å². The second kappa shape index (κ2) is 13.1. The Balaban J connectivity index is 1.55. The lowest BCUT2D eigenvalue weighted by molar-refractivity contribution is 0.0725. The SMILES string of the molecule is CNS/N=C1/C=CC=C(S(=O)Nc2cc(SCc3ccccc3)ccc2C(=O)N2CCCCC2)C1. The largest absolute Gasteiger partial charge is 0.339 e. The Bertz CT molecular complexity index is 1140. The molecule has 1 aliphatic heterocycles. The fourth-order valence-electron chi connectivity index (χ4n) is 3.91. The van der Waals surface area contributed by atoms with E-state index in [-0.39, 0.29) is 5.91 Å². The lowest BCUT2D eigenvalue weighted by Gasteiger charge is -2.27. The second-order valence-corrected chi connectivity index (χ2v) is 11.3. The van der Waals surface area contributed by atoms with Crippen LogP contribution in [0.5, 0.6) is 0 Å². The normalized spacial score (nSPS) is 17.8. The zero-order valence-electron chi connectivity index (χ0n) is 19.7. The molecule has 1 amide bonds. The third-order valence-corrected chi connectivity index (χ3v) is 8.47. The van der Waals surface area contributed by atoms with Gasteiger partial charge in [-0.15, -0.1) is 11.8 Å². The first kappa shape index (κ1) is 25.8. The van der Waals surface area contributed by atoms with E-state index in [4.69, 9.17) is 0 Å². The van der Waals surface area contributed by atoms with E-state index in [1.807, 2.05) is 59.5 Å². The standard InChI is InChI=1S/C26H30N4O2S3/c1-27-34-28-21-11-8-12-23(17-21)35(32)29-25-18-22(33-19-20-9-4-2-5-10-20)13-14-24(25)26(31)30-15-6-3-7-16-30/h2,4-5,8-14,18,27,29H,3,6-7,15-17,19H2,1H3/b28-21-. The average molecular weight is 527 g/mol. The summed E-state index contributed by atoms with van der Waals surface area (Å²) in [6.45, 7) is 1.54. The van der Waals surface area contributed by atoms with Crippen LogP contribution in [0.25, 0.3) is 0 Å². The first-order valence-corrected chi connectivity index (χ1v) is 14.6. The maximum Gasteiger partial charge on any atom is 0.255 e. The molecule has 2 aliphatic rings. The summed E-state index contributed by atoms with van der Waals surface area (Å²) in [6, 6.07) is 16.1. The highest BCUT2D eigenvalue weighted by Gasteiger charge is 2.23. The van der Waals surface area contributed by atoms with E-state index in [2.05, 4.69) is 26.0 Å². The van der Waals surface area contributed by atoms with Crippen LogP contribution in [0.4, 0.5) is 5.69 Å². The van der Waals surface area contributed by atoms with Crippen molar-refractivity contribution in [2.75, 3.05) is 24.9 Å². The van der Waals surface area contributed by atoms with Crippen LogP contribution >= 0.6 is 23.9 Å². The average Bonchev–Trinajstić information content (AvgIpc) is 2.91. The lowest BCUT2D eigenvalue weighted by Crippen LogP contribution is -2.36. The maximum absolute atomic E-state index is 13.4. The monoisotopic (exact) mass is 526 g/mol. The summed E-state index contributed by atoms with van der Waals surface area (Å²) < 4.78 is 23.8. The molecule has 0 bridgehead atoms. The third kappa shape index (κ3) is 7.33. The van der Waals surface area contributed by atoms with E-state index in [0.29, 0.717) is 17.7 Å². The van der Waals surface area contributed by atoms with E-state index < -0.39 is 11.0 Å². The summed E-state index contributed by atoms with van der Waals surface area (Å²) in [6.07, 6.45) is 9.33. The van der Waals surface area contributed by atoms with Crippen molar-refractivity contribution in [3.63, 3.8) is 0 Å². The number of carbonyl (C=O) groups is 1. The Labute approximate surface area is 218 Å². The number of carbonyl (C=O) groups excluding carboxylic acids is 1. The molecule has 6 nitrogen and oxygen atoms in total. The number of allylic oxidation sites excluding steroid dienone is 4. The minimum Gasteiger partial charge on any atom is -0.339 e. The predicted molar refractivity (Wildman–Crippen MR) is 150 cm³/mol. The van der Waals surface area contributed by atoms with Crippen molar-refractivity contribution < 1.29 is 9.00 Å². The Morgan fingerprint density at radius 2 is 1.91 bits per heavy atom. The van der Waals surface area contributed by atoms with Crippen molar-refractivity contribution in [2.45, 2.75) is 36.3 Å². The number of nitrogens with one attached hydrogen (secondary N) is 2. The number of anilines is 1. The molecule has 0 saturated carbocycles. The number of hydrogen-bond acceptors (Lipinski definition) is 6. The number of piperidine rings is 1. The Kier molecular flexibility index (Phi) is 9.65. The van der Waals surface area contributed by atoms with Gasteiger partial charge in [-0.05, 0) is 62.2 Å². The highest BCUT2D eigenvalue weighted by atomic mass is 32.2. The quantitative estimate of drug-likeness (QED) is 0.322. The van der Waals surface area contributed by atoms with E-state index in [0.717, 1.165) is 53.6 Å². The van der Waals surface area contributed by atoms with Crippen LogP contribution in [0.2, 0.25) is 0 Å². The first-order valence-electron chi connectivity index (χ1n) is 11.7. The summed E-state index contributed by atoms with van der Waals surface area (Å²) in [5.41, 5.74) is 3.25. The Morgan fingerprint density at radius 3 is 2.69 bits per heavy atom. The first-order chi connectivity index (χ1) is 17.1. The Morgan fingerprint density at radius 1 is 1.11 bits per heavy atom. The molecule has 2 N–H and O–H groups in total. The molecule has 2 aromatic carbocycles. The number of benzene rings is 2. The van der Waals surface area contributed by atoms with Crippen molar-refractivity contribution in [1.29, 1.82) is 0 Å². The second-order valence-electron chi connectivity index (χ2n) is 8.25. The van der Waals surface area contributed by atoms with Crippen molar-refractivity contribution in [2.24, 2.45) is 4.40 Å². The number of rotatable bonds is 9. The molecule has 2 aromatic rings. The zero-order valence-corrected chi connectivity index (χ0v) is 22.2. The van der Waals surface area contributed by atoms with Gasteiger partial charge in [-0.2, -0.15) is 0 Å². The number of hydrogen-bond donors (Lipinski definition) is 2. The van der Waals surface area contributed by atoms with Gasteiger partial charge in [0.1, 0.15) is 11.0 Å². The number of amides is 1. The fourth-order valence-corrected chi connectivity index (χ4v) is 6.12. The van der Waals surface area contributed by atoms with Crippen LogP contribution in [0.1, 0.15) is 41.6 Å². The minimum atomic E-state index is -1.49. The Hall–Kier alpha value is -2.33. The van der Waals surface area contributed by atoms with Gasteiger partial charge in [0.05, 0.1) is 29.1 Å². The van der Waals surface area contributed by atoms with Gasteiger partial charge in [0.25, 0.3) is 5.91 Å². The summed E-state index contributed by atoms with van der Waals surface area (Å²) in [5, 5.41) is 0. The van der Waals surface area contributed by atoms with Gasteiger partial charge >= 0.3 is 0 Å². The molecule has 1 aliphatic carbocycles. The van der Waals surface area contributed by atoms with E-state index >= 15 is 0 Å². The molecular weight excluding hydrogens is 497 g/mol. The van der Waals surface area contributed by atoms with Crippen LogP contribution in [0.3, 0.4) is 0 Å². The molecule has 184 valence electrons. The molecule has 1 heterocycles. The summed E-state index contributed by atoms with van der Waals surface area (Å²) in [5.74, 6) is 0.816. The fraction of sp³-hybridized carbons (Fsp3) is 0.308. The van der Waals surface area contributed by atoms with Crippen molar-refractivity contribution >= 4 is 52.2 Å². The minimum absolute atomic E-state index is 0.00555. The van der Waals surface area contributed by atoms with Crippen molar-refractivity contribution in [1.82, 2.24) is 9.62 Å². The molecule has 0 radical (unpaired) electrons. The van der Waals surface area contributed by atoms with Crippen molar-refractivity contribution in [3.05, 3.63) is 82.8 Å². The lowest BCUT2D eigenvalue weighted by atomic mass is 10.1. The number of thioether (sulfide) groups is 1. The molecule has 35 heavy (non-hydrogen) atoms. The van der Waals surface area contributed by atoms with Gasteiger partial charge in [0, 0.05) is 35.1 Å². The van der Waals surface area contributed by atoms with Crippen molar-refractivity contribution in [3.8, 4) is 0 Å². The maximum atomic E-state index is 13.4. The van der Waals surface area contributed by atoms with E-state index in [1.54, 1.807) is 18.8 Å². The summed E-state index contributed by atoms with van der Waals surface area (Å²) in [4.78, 5) is 17.0. The number of likely N-dealkylation sites (tertiary alicyclic amines) is 1. The summed E-state index contributed by atoms with van der Waals surface area (Å²) in [7, 11) is 0.313. The molecule has 1 fully saturated rings. The molecule has 4 rings (SSSR count). The van der Waals surface area contributed by atoms with Crippen LogP contribution in [0.15, 0.2) is 81.0 Å². The van der Waals surface area contributed by atoms with Crippen LogP contribution < -0.4 is 9.44 Å². The van der Waals surface area contributed by atoms with Crippen LogP contribution in [-0.2, 0) is 16.7 Å². The third-order valence-electron chi connectivity index (χ3n) is 5.73. The van der Waals surface area contributed by atoms with E-state index in [9.17, 15) is 9.00 Å². The molecule has 1 saturated heterocycles. The van der Waals surface area contributed by atoms with Gasteiger partial charge in [0.2, 0.25) is 0 Å². The van der Waals surface area contributed by atoms with Crippen LogP contribution in [0, 0.1) is 0 Å². The predicted octanol–water partition coefficient (Wildman–Crippen LogP) is 5.75. The van der Waals surface area contributed by atoms with Gasteiger partial charge in [-0.3, -0.25) is 4.79 Å². The van der Waals surface area contributed by atoms with Gasteiger partial charge in [-0.1, -0.05) is 36.4 Å². The van der Waals surface area contributed by atoms with Crippen LogP contribution in [-0.4, -0.2) is 40.9 Å².